The summed E-state index contributed by atoms with van der Waals surface area (Å²) < 4.78 is 4.82. The minimum atomic E-state index is -0.989. The number of hydrogen-bond donors (Lipinski definition) is 5. The molecule has 0 saturated heterocycles. The molecule has 0 aliphatic rings. The Hall–Kier alpha value is -3.92. The van der Waals surface area contributed by atoms with Crippen LogP contribution in [0.5, 0.6) is 5.75 Å². The van der Waals surface area contributed by atoms with Gasteiger partial charge in [-0.2, -0.15) is 0 Å². The number of rotatable bonds is 13. The second-order valence-electron chi connectivity index (χ2n) is 9.22. The molecular weight excluding hydrogens is 476 g/mol. The van der Waals surface area contributed by atoms with E-state index in [1.165, 1.54) is 19.2 Å². The quantitative estimate of drug-likeness (QED) is 0.248. The molecule has 0 heterocycles. The van der Waals surface area contributed by atoms with Gasteiger partial charge in [-0.3, -0.25) is 14.4 Å². The summed E-state index contributed by atoms with van der Waals surface area (Å²) in [6, 6.07) is 12.7. The third kappa shape index (κ3) is 10.3. The second kappa shape index (κ2) is 14.6. The van der Waals surface area contributed by atoms with Gasteiger partial charge in [-0.25, -0.2) is 4.79 Å². The lowest BCUT2D eigenvalue weighted by molar-refractivity contribution is -0.145. The van der Waals surface area contributed by atoms with Crippen molar-refractivity contribution in [3.05, 3.63) is 65.7 Å². The Bertz CT molecular complexity index is 1040. The average molecular weight is 513 g/mol. The maximum absolute atomic E-state index is 13.1. The zero-order valence-electron chi connectivity index (χ0n) is 21.4. The van der Waals surface area contributed by atoms with Crippen molar-refractivity contribution in [1.82, 2.24) is 16.0 Å². The zero-order valence-corrected chi connectivity index (χ0v) is 21.4. The minimum Gasteiger partial charge on any atom is -0.508 e. The predicted octanol–water partition coefficient (Wildman–Crippen LogP) is 0.810. The first-order chi connectivity index (χ1) is 17.6. The fraction of sp³-hybridized carbons (Fsp3) is 0.407. The number of aromatic hydroxyl groups is 1. The van der Waals surface area contributed by atoms with Crippen LogP contribution >= 0.6 is 0 Å². The van der Waals surface area contributed by atoms with Gasteiger partial charge >= 0.3 is 5.97 Å². The van der Waals surface area contributed by atoms with Crippen molar-refractivity contribution in [2.24, 2.45) is 11.7 Å². The molecule has 0 aromatic heterocycles. The molecule has 3 amide bonds. The highest BCUT2D eigenvalue weighted by molar-refractivity contribution is 5.92. The normalized spacial score (nSPS) is 13.2. The van der Waals surface area contributed by atoms with E-state index >= 15 is 0 Å². The summed E-state index contributed by atoms with van der Waals surface area (Å²) in [4.78, 5) is 50.3. The lowest BCUT2D eigenvalue weighted by Gasteiger charge is -2.23. The van der Waals surface area contributed by atoms with Crippen molar-refractivity contribution < 1.29 is 29.0 Å². The van der Waals surface area contributed by atoms with Crippen molar-refractivity contribution in [2.45, 2.75) is 51.2 Å². The molecule has 10 nitrogen and oxygen atoms in total. The smallest absolute Gasteiger partial charge is 0.328 e. The van der Waals surface area contributed by atoms with E-state index in [1.807, 2.05) is 44.2 Å². The van der Waals surface area contributed by atoms with E-state index in [-0.39, 0.29) is 31.1 Å². The number of phenolic OH excluding ortho intramolecular Hbond substituents is 1. The molecule has 2 rings (SSSR count). The van der Waals surface area contributed by atoms with Crippen LogP contribution in [-0.2, 0) is 36.8 Å². The van der Waals surface area contributed by atoms with Gasteiger partial charge in [0.1, 0.15) is 17.8 Å². The predicted molar refractivity (Wildman–Crippen MR) is 138 cm³/mol. The van der Waals surface area contributed by atoms with Crippen LogP contribution in [0, 0.1) is 5.92 Å². The monoisotopic (exact) mass is 512 g/mol. The van der Waals surface area contributed by atoms with Crippen LogP contribution in [0.3, 0.4) is 0 Å². The van der Waals surface area contributed by atoms with E-state index < -0.39 is 41.8 Å². The molecule has 2 aromatic carbocycles. The van der Waals surface area contributed by atoms with Gasteiger partial charge in [0.15, 0.2) is 0 Å². The first-order valence-electron chi connectivity index (χ1n) is 12.1. The highest BCUT2D eigenvalue weighted by Crippen LogP contribution is 2.11. The molecule has 3 atom stereocenters. The van der Waals surface area contributed by atoms with Crippen LogP contribution in [-0.4, -0.2) is 60.6 Å². The molecule has 0 radical (unpaired) electrons. The maximum atomic E-state index is 13.1. The first kappa shape index (κ1) is 29.3. The zero-order chi connectivity index (χ0) is 27.4. The molecule has 2 aromatic rings. The second-order valence-corrected chi connectivity index (χ2v) is 9.22. The molecule has 37 heavy (non-hydrogen) atoms. The number of nitrogens with one attached hydrogen (secondary N) is 3. The van der Waals surface area contributed by atoms with Crippen LogP contribution in [0.2, 0.25) is 0 Å². The average Bonchev–Trinajstić information content (AvgIpc) is 2.87. The maximum Gasteiger partial charge on any atom is 0.328 e. The number of methoxy groups -OCH3 is 1. The summed E-state index contributed by atoms with van der Waals surface area (Å²) in [5.74, 6) is -2.00. The van der Waals surface area contributed by atoms with Gasteiger partial charge < -0.3 is 31.5 Å². The van der Waals surface area contributed by atoms with Crippen LogP contribution in [0.15, 0.2) is 54.6 Å². The first-order valence-corrected chi connectivity index (χ1v) is 12.1. The van der Waals surface area contributed by atoms with Crippen LogP contribution < -0.4 is 21.7 Å². The number of carbonyl (C=O) groups excluding carboxylic acids is 4. The Morgan fingerprint density at radius 2 is 1.49 bits per heavy atom. The van der Waals surface area contributed by atoms with Crippen molar-refractivity contribution in [2.75, 3.05) is 13.7 Å². The fourth-order valence-electron chi connectivity index (χ4n) is 3.68. The molecule has 0 aliphatic carbocycles. The van der Waals surface area contributed by atoms with Crippen molar-refractivity contribution in [3.8, 4) is 5.75 Å². The van der Waals surface area contributed by atoms with Crippen LogP contribution in [0.4, 0.5) is 0 Å². The van der Waals surface area contributed by atoms with E-state index in [1.54, 1.807) is 12.1 Å². The SMILES string of the molecule is COC(=O)[C@H](CC(C)C)NC(=O)[C@H](Cc1ccccc1)NC(=O)CNC(=O)[C@@H](N)Cc1ccc(O)cc1. The van der Waals surface area contributed by atoms with Crippen LogP contribution in [0.25, 0.3) is 0 Å². The lowest BCUT2D eigenvalue weighted by atomic mass is 10.0. The summed E-state index contributed by atoms with van der Waals surface area (Å²) in [6.07, 6.45) is 0.777. The van der Waals surface area contributed by atoms with Gasteiger partial charge in [-0.05, 0) is 42.0 Å². The minimum absolute atomic E-state index is 0.106. The molecule has 0 unspecified atom stereocenters. The number of benzene rings is 2. The Morgan fingerprint density at radius 3 is 2.08 bits per heavy atom. The molecule has 200 valence electrons. The largest absolute Gasteiger partial charge is 0.508 e. The summed E-state index contributed by atoms with van der Waals surface area (Å²) in [5, 5.41) is 17.2. The standard InChI is InChI=1S/C27H36N4O6/c1-17(2)13-23(27(36)37-3)31-26(35)22(15-18-7-5-4-6-8-18)30-24(33)16-29-25(34)21(28)14-19-9-11-20(32)12-10-19/h4-12,17,21-23,32H,13-16,28H2,1-3H3,(H,29,34)(H,30,33)(H,31,35)/t21-,22-,23-/m0/s1. The Morgan fingerprint density at radius 1 is 0.865 bits per heavy atom. The molecule has 0 bridgehead atoms. The Kier molecular flexibility index (Phi) is 11.6. The van der Waals surface area contributed by atoms with Gasteiger partial charge in [0.05, 0.1) is 19.7 Å². The number of ether oxygens (including phenoxy) is 1. The van der Waals surface area contributed by atoms with E-state index in [9.17, 15) is 24.3 Å². The third-order valence-electron chi connectivity index (χ3n) is 5.60. The van der Waals surface area contributed by atoms with Gasteiger partial charge in [0, 0.05) is 6.42 Å². The van der Waals surface area contributed by atoms with Gasteiger partial charge in [0.2, 0.25) is 17.7 Å². The third-order valence-corrected chi connectivity index (χ3v) is 5.60. The Labute approximate surface area is 217 Å². The number of phenols is 1. The molecule has 0 spiro atoms. The number of carbonyl (C=O) groups is 4. The lowest BCUT2D eigenvalue weighted by Crippen LogP contribution is -2.54. The summed E-state index contributed by atoms with van der Waals surface area (Å²) in [7, 11) is 1.25. The van der Waals surface area contributed by atoms with Gasteiger partial charge in [0.25, 0.3) is 0 Å². The summed E-state index contributed by atoms with van der Waals surface area (Å²) >= 11 is 0. The van der Waals surface area contributed by atoms with Crippen LogP contribution in [0.1, 0.15) is 31.4 Å². The number of hydrogen-bond acceptors (Lipinski definition) is 7. The van der Waals surface area contributed by atoms with Gasteiger partial charge in [-0.15, -0.1) is 0 Å². The van der Waals surface area contributed by atoms with E-state index in [0.29, 0.717) is 6.42 Å². The number of amides is 3. The molecule has 0 aliphatic heterocycles. The van der Waals surface area contributed by atoms with E-state index in [4.69, 9.17) is 10.5 Å². The molecule has 10 heteroatoms. The molecule has 6 N–H and O–H groups in total. The number of esters is 1. The van der Waals surface area contributed by atoms with Crippen molar-refractivity contribution >= 4 is 23.7 Å². The highest BCUT2D eigenvalue weighted by Gasteiger charge is 2.28. The van der Waals surface area contributed by atoms with Crippen molar-refractivity contribution in [1.29, 1.82) is 0 Å². The topological polar surface area (TPSA) is 160 Å². The fourth-order valence-corrected chi connectivity index (χ4v) is 3.68. The van der Waals surface area contributed by atoms with E-state index in [0.717, 1.165) is 11.1 Å². The van der Waals surface area contributed by atoms with Gasteiger partial charge in [-0.1, -0.05) is 56.3 Å². The summed E-state index contributed by atoms with van der Waals surface area (Å²) in [5.41, 5.74) is 7.51. The number of nitrogens with two attached hydrogens (primary N) is 1. The van der Waals surface area contributed by atoms with E-state index in [2.05, 4.69) is 16.0 Å². The molecular formula is C27H36N4O6. The highest BCUT2D eigenvalue weighted by atomic mass is 16.5. The Balaban J connectivity index is 2.01. The summed E-state index contributed by atoms with van der Waals surface area (Å²) in [6.45, 7) is 3.45. The molecule has 0 saturated carbocycles. The molecule has 0 fully saturated rings. The van der Waals surface area contributed by atoms with Crippen molar-refractivity contribution in [3.63, 3.8) is 0 Å².